The maximum atomic E-state index is 5.46. The van der Waals surface area contributed by atoms with E-state index in [1.807, 2.05) is 0 Å². The summed E-state index contributed by atoms with van der Waals surface area (Å²) in [5.74, 6) is 0. The van der Waals surface area contributed by atoms with E-state index in [0.29, 0.717) is 26.4 Å². The number of rotatable bonds is 14. The first-order valence-electron chi connectivity index (χ1n) is 7.15. The topological polar surface area (TPSA) is 27.7 Å². The lowest BCUT2D eigenvalue weighted by Crippen LogP contribution is -2.10. The molecule has 0 heterocycles. The Labute approximate surface area is 107 Å². The first kappa shape index (κ1) is 16.9. The summed E-state index contributed by atoms with van der Waals surface area (Å²) in [4.78, 5) is 0. The molecule has 0 fully saturated rings. The lowest BCUT2D eigenvalue weighted by Gasteiger charge is -2.06. The van der Waals surface area contributed by atoms with Gasteiger partial charge in [0.1, 0.15) is 0 Å². The van der Waals surface area contributed by atoms with Crippen LogP contribution in [0.15, 0.2) is 0 Å². The molecule has 0 bridgehead atoms. The average Bonchev–Trinajstić information content (AvgIpc) is 2.35. The molecule has 0 saturated carbocycles. The molecule has 0 aromatic heterocycles. The van der Waals surface area contributed by atoms with Crippen LogP contribution in [0.5, 0.6) is 0 Å². The highest BCUT2D eigenvalue weighted by atomic mass is 16.5. The van der Waals surface area contributed by atoms with Gasteiger partial charge in [0, 0.05) is 13.2 Å². The predicted octanol–water partition coefficient (Wildman–Crippen LogP) is 3.42. The van der Waals surface area contributed by atoms with Gasteiger partial charge in [0.2, 0.25) is 0 Å². The molecule has 0 aliphatic heterocycles. The molecule has 0 rings (SSSR count). The van der Waals surface area contributed by atoms with Crippen LogP contribution in [0.1, 0.15) is 52.4 Å². The molecule has 0 amide bonds. The van der Waals surface area contributed by atoms with Crippen LogP contribution in [0.3, 0.4) is 0 Å². The second-order valence-electron chi connectivity index (χ2n) is 4.25. The fourth-order valence-electron chi connectivity index (χ4n) is 1.42. The van der Waals surface area contributed by atoms with E-state index >= 15 is 0 Å². The molecule has 0 aromatic carbocycles. The summed E-state index contributed by atoms with van der Waals surface area (Å²) in [5.41, 5.74) is 0. The second kappa shape index (κ2) is 15.9. The van der Waals surface area contributed by atoms with Crippen molar-refractivity contribution >= 4 is 0 Å². The van der Waals surface area contributed by atoms with E-state index in [2.05, 4.69) is 13.8 Å². The van der Waals surface area contributed by atoms with Gasteiger partial charge in [0.25, 0.3) is 0 Å². The zero-order chi connectivity index (χ0) is 12.6. The molecular weight excluding hydrogens is 216 g/mol. The summed E-state index contributed by atoms with van der Waals surface area (Å²) in [7, 11) is 0. The van der Waals surface area contributed by atoms with E-state index in [-0.39, 0.29) is 0 Å². The Kier molecular flexibility index (Phi) is 15.8. The Morgan fingerprint density at radius 3 is 1.47 bits per heavy atom. The lowest BCUT2D eigenvalue weighted by atomic mass is 10.2. The lowest BCUT2D eigenvalue weighted by molar-refractivity contribution is 0.0134. The Balaban J connectivity index is 2.85. The van der Waals surface area contributed by atoms with Gasteiger partial charge < -0.3 is 14.2 Å². The highest BCUT2D eigenvalue weighted by Crippen LogP contribution is 1.98. The van der Waals surface area contributed by atoms with Crippen LogP contribution in [0, 0.1) is 0 Å². The third-order valence-corrected chi connectivity index (χ3v) is 2.53. The molecule has 0 unspecified atom stereocenters. The van der Waals surface area contributed by atoms with Crippen LogP contribution in [-0.2, 0) is 14.2 Å². The van der Waals surface area contributed by atoms with Crippen molar-refractivity contribution < 1.29 is 14.2 Å². The molecule has 0 spiro atoms. The maximum absolute atomic E-state index is 5.46. The number of hydrogen-bond acceptors (Lipinski definition) is 3. The van der Waals surface area contributed by atoms with Crippen LogP contribution >= 0.6 is 0 Å². The van der Waals surface area contributed by atoms with Gasteiger partial charge in [-0.3, -0.25) is 0 Å². The molecule has 0 radical (unpaired) electrons. The minimum Gasteiger partial charge on any atom is -0.379 e. The van der Waals surface area contributed by atoms with E-state index in [0.717, 1.165) is 19.6 Å². The van der Waals surface area contributed by atoms with Gasteiger partial charge in [-0.15, -0.1) is 0 Å². The summed E-state index contributed by atoms with van der Waals surface area (Å²) >= 11 is 0. The average molecular weight is 246 g/mol. The van der Waals surface area contributed by atoms with E-state index in [4.69, 9.17) is 14.2 Å². The van der Waals surface area contributed by atoms with Crippen LogP contribution < -0.4 is 0 Å². The Morgan fingerprint density at radius 2 is 0.941 bits per heavy atom. The number of ether oxygens (including phenoxy) is 3. The standard InChI is InChI=1S/C14H30O3/c1-3-5-7-8-10-16-12-14-17-13-11-15-9-6-4-2/h3-14H2,1-2H3. The van der Waals surface area contributed by atoms with Crippen LogP contribution in [0.25, 0.3) is 0 Å². The van der Waals surface area contributed by atoms with E-state index in [1.54, 1.807) is 0 Å². The molecule has 3 nitrogen and oxygen atoms in total. The second-order valence-corrected chi connectivity index (χ2v) is 4.25. The number of hydrogen-bond donors (Lipinski definition) is 0. The van der Waals surface area contributed by atoms with Crippen LogP contribution in [0.2, 0.25) is 0 Å². The van der Waals surface area contributed by atoms with Gasteiger partial charge in [-0.05, 0) is 12.8 Å². The van der Waals surface area contributed by atoms with Crippen LogP contribution in [-0.4, -0.2) is 39.6 Å². The Bertz CT molecular complexity index is 115. The summed E-state index contributed by atoms with van der Waals surface area (Å²) in [6.45, 7) is 8.89. The molecule has 0 aromatic rings. The molecular formula is C14H30O3. The minimum absolute atomic E-state index is 0.683. The smallest absolute Gasteiger partial charge is 0.0701 e. The van der Waals surface area contributed by atoms with Crippen molar-refractivity contribution in [2.45, 2.75) is 52.4 Å². The number of unbranched alkanes of at least 4 members (excludes halogenated alkanes) is 4. The minimum atomic E-state index is 0.683. The van der Waals surface area contributed by atoms with Crippen molar-refractivity contribution in [2.24, 2.45) is 0 Å². The third-order valence-electron chi connectivity index (χ3n) is 2.53. The Morgan fingerprint density at radius 1 is 0.471 bits per heavy atom. The fraction of sp³-hybridized carbons (Fsp3) is 1.00. The van der Waals surface area contributed by atoms with Gasteiger partial charge >= 0.3 is 0 Å². The monoisotopic (exact) mass is 246 g/mol. The molecule has 0 aliphatic carbocycles. The SMILES string of the molecule is CCCCCCOCCOCCOCCCC. The van der Waals surface area contributed by atoms with Gasteiger partial charge in [-0.1, -0.05) is 39.5 Å². The third kappa shape index (κ3) is 15.9. The van der Waals surface area contributed by atoms with Crippen molar-refractivity contribution in [1.29, 1.82) is 0 Å². The van der Waals surface area contributed by atoms with Crippen LogP contribution in [0.4, 0.5) is 0 Å². The van der Waals surface area contributed by atoms with Crippen molar-refractivity contribution in [3.63, 3.8) is 0 Å². The largest absolute Gasteiger partial charge is 0.379 e. The zero-order valence-corrected chi connectivity index (χ0v) is 11.7. The highest BCUT2D eigenvalue weighted by Gasteiger charge is 1.92. The summed E-state index contributed by atoms with van der Waals surface area (Å²) in [6, 6.07) is 0. The molecule has 104 valence electrons. The van der Waals surface area contributed by atoms with E-state index < -0.39 is 0 Å². The fourth-order valence-corrected chi connectivity index (χ4v) is 1.42. The van der Waals surface area contributed by atoms with E-state index in [1.165, 1.54) is 32.1 Å². The first-order valence-corrected chi connectivity index (χ1v) is 7.15. The zero-order valence-electron chi connectivity index (χ0n) is 11.7. The van der Waals surface area contributed by atoms with Crippen molar-refractivity contribution in [3.05, 3.63) is 0 Å². The normalized spacial score (nSPS) is 10.9. The van der Waals surface area contributed by atoms with Crippen molar-refractivity contribution in [1.82, 2.24) is 0 Å². The molecule has 0 saturated heterocycles. The molecule has 0 aliphatic rings. The summed E-state index contributed by atoms with van der Waals surface area (Å²) in [5, 5.41) is 0. The first-order chi connectivity index (χ1) is 8.41. The summed E-state index contributed by atoms with van der Waals surface area (Å²) in [6.07, 6.45) is 7.38. The molecule has 17 heavy (non-hydrogen) atoms. The molecule has 3 heteroatoms. The van der Waals surface area contributed by atoms with Gasteiger partial charge in [0.05, 0.1) is 26.4 Å². The highest BCUT2D eigenvalue weighted by molar-refractivity contribution is 4.40. The van der Waals surface area contributed by atoms with Gasteiger partial charge in [-0.25, -0.2) is 0 Å². The van der Waals surface area contributed by atoms with Gasteiger partial charge in [0.15, 0.2) is 0 Å². The van der Waals surface area contributed by atoms with Crippen molar-refractivity contribution in [3.8, 4) is 0 Å². The van der Waals surface area contributed by atoms with Gasteiger partial charge in [-0.2, -0.15) is 0 Å². The van der Waals surface area contributed by atoms with Crippen molar-refractivity contribution in [2.75, 3.05) is 39.6 Å². The molecule has 0 N–H and O–H groups in total. The molecule has 0 atom stereocenters. The predicted molar refractivity (Wildman–Crippen MR) is 71.5 cm³/mol. The Hall–Kier alpha value is -0.120. The summed E-state index contributed by atoms with van der Waals surface area (Å²) < 4.78 is 16.2. The maximum Gasteiger partial charge on any atom is 0.0701 e. The van der Waals surface area contributed by atoms with E-state index in [9.17, 15) is 0 Å². The quantitative estimate of drug-likeness (QED) is 0.440.